The Morgan fingerprint density at radius 3 is 2.41 bits per heavy atom. The van der Waals surface area contributed by atoms with Gasteiger partial charge in [0, 0.05) is 26.0 Å². The standard InChI is InChI=1S/C14H17N3O4S/c1-4-21-14(18)11(9-15)10-16-12-5-7-13(8-6-12)22(19,20)17(2)3/h5-8,10,16H,4H2,1-3H3/b11-10-. The van der Waals surface area contributed by atoms with Gasteiger partial charge in [0.2, 0.25) is 10.0 Å². The van der Waals surface area contributed by atoms with E-state index in [4.69, 9.17) is 10.00 Å². The van der Waals surface area contributed by atoms with E-state index in [2.05, 4.69) is 5.32 Å². The van der Waals surface area contributed by atoms with Crippen molar-refractivity contribution in [3.05, 3.63) is 36.0 Å². The van der Waals surface area contributed by atoms with Gasteiger partial charge in [-0.25, -0.2) is 17.5 Å². The summed E-state index contributed by atoms with van der Waals surface area (Å²) in [5.41, 5.74) is 0.363. The van der Waals surface area contributed by atoms with E-state index in [-0.39, 0.29) is 17.1 Å². The molecule has 0 aliphatic rings. The summed E-state index contributed by atoms with van der Waals surface area (Å²) in [5, 5.41) is 11.6. The first-order valence-corrected chi connectivity index (χ1v) is 7.83. The quantitative estimate of drug-likeness (QED) is 0.481. The summed E-state index contributed by atoms with van der Waals surface area (Å²) in [6.45, 7) is 1.82. The molecule has 22 heavy (non-hydrogen) atoms. The Bertz CT molecular complexity index is 701. The normalized spacial score (nSPS) is 11.9. The molecule has 1 N–H and O–H groups in total. The highest BCUT2D eigenvalue weighted by molar-refractivity contribution is 7.89. The third kappa shape index (κ3) is 4.31. The fourth-order valence-electron chi connectivity index (χ4n) is 1.44. The van der Waals surface area contributed by atoms with Crippen LogP contribution in [-0.2, 0) is 19.6 Å². The predicted molar refractivity (Wildman–Crippen MR) is 81.3 cm³/mol. The molecule has 118 valence electrons. The molecule has 1 aromatic carbocycles. The van der Waals surface area contributed by atoms with Crippen LogP contribution in [0.25, 0.3) is 0 Å². The van der Waals surface area contributed by atoms with Gasteiger partial charge in [-0.1, -0.05) is 0 Å². The van der Waals surface area contributed by atoms with Crippen molar-refractivity contribution in [2.24, 2.45) is 0 Å². The number of carbonyl (C=O) groups excluding carboxylic acids is 1. The van der Waals surface area contributed by atoms with Crippen LogP contribution in [0.15, 0.2) is 40.9 Å². The van der Waals surface area contributed by atoms with E-state index in [0.29, 0.717) is 5.69 Å². The van der Waals surface area contributed by atoms with Crippen LogP contribution in [0, 0.1) is 11.3 Å². The highest BCUT2D eigenvalue weighted by Crippen LogP contribution is 2.16. The number of rotatable bonds is 6. The molecule has 0 unspecified atom stereocenters. The van der Waals surface area contributed by atoms with E-state index < -0.39 is 16.0 Å². The molecule has 0 aliphatic carbocycles. The largest absolute Gasteiger partial charge is 0.462 e. The number of carbonyl (C=O) groups is 1. The molecule has 0 bridgehead atoms. The Labute approximate surface area is 129 Å². The lowest BCUT2D eigenvalue weighted by molar-refractivity contribution is -0.138. The van der Waals surface area contributed by atoms with Gasteiger partial charge in [-0.05, 0) is 31.2 Å². The van der Waals surface area contributed by atoms with E-state index in [1.165, 1.54) is 44.6 Å². The highest BCUT2D eigenvalue weighted by atomic mass is 32.2. The number of sulfonamides is 1. The van der Waals surface area contributed by atoms with Gasteiger partial charge in [-0.15, -0.1) is 0 Å². The highest BCUT2D eigenvalue weighted by Gasteiger charge is 2.16. The molecule has 0 aromatic heterocycles. The van der Waals surface area contributed by atoms with Gasteiger partial charge < -0.3 is 10.1 Å². The summed E-state index contributed by atoms with van der Waals surface area (Å²) in [6, 6.07) is 7.66. The topological polar surface area (TPSA) is 99.5 Å². The lowest BCUT2D eigenvalue weighted by Crippen LogP contribution is -2.22. The van der Waals surface area contributed by atoms with Crippen molar-refractivity contribution >= 4 is 21.7 Å². The van der Waals surface area contributed by atoms with Crippen molar-refractivity contribution in [3.63, 3.8) is 0 Å². The van der Waals surface area contributed by atoms with Crippen molar-refractivity contribution in [2.45, 2.75) is 11.8 Å². The van der Waals surface area contributed by atoms with Gasteiger partial charge >= 0.3 is 5.97 Å². The summed E-state index contributed by atoms with van der Waals surface area (Å²) in [7, 11) is -0.592. The molecule has 0 saturated carbocycles. The molecule has 1 rings (SSSR count). The maximum absolute atomic E-state index is 11.9. The summed E-state index contributed by atoms with van der Waals surface area (Å²) < 4.78 is 29.6. The number of hydrogen-bond acceptors (Lipinski definition) is 6. The zero-order valence-corrected chi connectivity index (χ0v) is 13.3. The summed E-state index contributed by atoms with van der Waals surface area (Å²) in [4.78, 5) is 11.6. The van der Waals surface area contributed by atoms with Crippen LogP contribution in [-0.4, -0.2) is 39.4 Å². The molecule has 7 nitrogen and oxygen atoms in total. The first-order chi connectivity index (χ1) is 10.3. The molecular formula is C14H17N3O4S. The minimum atomic E-state index is -3.49. The Hall–Kier alpha value is -2.37. The number of benzene rings is 1. The molecule has 0 radical (unpaired) electrons. The van der Waals surface area contributed by atoms with Crippen molar-refractivity contribution in [1.29, 1.82) is 5.26 Å². The summed E-state index contributed by atoms with van der Waals surface area (Å²) >= 11 is 0. The van der Waals surface area contributed by atoms with Crippen LogP contribution < -0.4 is 5.32 Å². The number of anilines is 1. The van der Waals surface area contributed by atoms with Gasteiger partial charge in [0.1, 0.15) is 6.07 Å². The molecule has 0 atom stereocenters. The molecule has 0 heterocycles. The maximum atomic E-state index is 11.9. The zero-order chi connectivity index (χ0) is 16.8. The van der Waals surface area contributed by atoms with Gasteiger partial charge in [-0.3, -0.25) is 0 Å². The van der Waals surface area contributed by atoms with Crippen LogP contribution >= 0.6 is 0 Å². The van der Waals surface area contributed by atoms with Crippen LogP contribution in [0.1, 0.15) is 6.92 Å². The second-order valence-corrected chi connectivity index (χ2v) is 6.50. The summed E-state index contributed by atoms with van der Waals surface area (Å²) in [5.74, 6) is -0.718. The lowest BCUT2D eigenvalue weighted by atomic mass is 10.3. The lowest BCUT2D eigenvalue weighted by Gasteiger charge is -2.11. The minimum Gasteiger partial charge on any atom is -0.462 e. The van der Waals surface area contributed by atoms with E-state index in [0.717, 1.165) is 4.31 Å². The average molecular weight is 323 g/mol. The fourth-order valence-corrected chi connectivity index (χ4v) is 2.34. The molecule has 0 amide bonds. The van der Waals surface area contributed by atoms with E-state index in [9.17, 15) is 13.2 Å². The first-order valence-electron chi connectivity index (χ1n) is 6.39. The predicted octanol–water partition coefficient (Wildman–Crippen LogP) is 1.32. The van der Waals surface area contributed by atoms with Gasteiger partial charge in [0.15, 0.2) is 5.57 Å². The molecule has 1 aromatic rings. The van der Waals surface area contributed by atoms with Crippen molar-refractivity contribution in [3.8, 4) is 6.07 Å². The maximum Gasteiger partial charge on any atom is 0.350 e. The van der Waals surface area contributed by atoms with Gasteiger partial charge in [-0.2, -0.15) is 5.26 Å². The molecule has 0 spiro atoms. The van der Waals surface area contributed by atoms with Crippen LogP contribution in [0.5, 0.6) is 0 Å². The van der Waals surface area contributed by atoms with E-state index in [1.54, 1.807) is 13.0 Å². The Kier molecular flexibility index (Phi) is 6.10. The van der Waals surface area contributed by atoms with Gasteiger partial charge in [0.05, 0.1) is 11.5 Å². The molecule has 0 saturated heterocycles. The van der Waals surface area contributed by atoms with Crippen LogP contribution in [0.4, 0.5) is 5.69 Å². The monoisotopic (exact) mass is 323 g/mol. The number of nitrogens with one attached hydrogen (secondary N) is 1. The van der Waals surface area contributed by atoms with Crippen molar-refractivity contribution in [2.75, 3.05) is 26.0 Å². The summed E-state index contributed by atoms with van der Waals surface area (Å²) in [6.07, 6.45) is 1.22. The first kappa shape index (κ1) is 17.7. The third-order valence-corrected chi connectivity index (χ3v) is 4.46. The van der Waals surface area contributed by atoms with E-state index >= 15 is 0 Å². The molecular weight excluding hydrogens is 306 g/mol. The van der Waals surface area contributed by atoms with Gasteiger partial charge in [0.25, 0.3) is 0 Å². The average Bonchev–Trinajstić information content (AvgIpc) is 2.48. The van der Waals surface area contributed by atoms with Crippen LogP contribution in [0.2, 0.25) is 0 Å². The number of hydrogen-bond donors (Lipinski definition) is 1. The number of esters is 1. The van der Waals surface area contributed by atoms with Crippen molar-refractivity contribution in [1.82, 2.24) is 4.31 Å². The molecule has 0 aliphatic heterocycles. The Morgan fingerprint density at radius 1 is 1.36 bits per heavy atom. The smallest absolute Gasteiger partial charge is 0.350 e. The SMILES string of the molecule is CCOC(=O)/C(C#N)=C\Nc1ccc(S(=O)(=O)N(C)C)cc1. The number of ether oxygens (including phenoxy) is 1. The van der Waals surface area contributed by atoms with Crippen LogP contribution in [0.3, 0.4) is 0 Å². The second-order valence-electron chi connectivity index (χ2n) is 4.35. The fraction of sp³-hybridized carbons (Fsp3) is 0.286. The Balaban J connectivity index is 2.89. The molecule has 8 heteroatoms. The number of nitrogens with zero attached hydrogens (tertiary/aromatic N) is 2. The van der Waals surface area contributed by atoms with Crippen molar-refractivity contribution < 1.29 is 17.9 Å². The minimum absolute atomic E-state index is 0.151. The number of nitriles is 1. The zero-order valence-electron chi connectivity index (χ0n) is 12.5. The third-order valence-electron chi connectivity index (χ3n) is 2.63. The second kappa shape index (κ2) is 7.59. The Morgan fingerprint density at radius 2 is 1.95 bits per heavy atom. The van der Waals surface area contributed by atoms with E-state index in [1.807, 2.05) is 0 Å². The molecule has 0 fully saturated rings.